The van der Waals surface area contributed by atoms with Crippen molar-refractivity contribution in [2.45, 2.75) is 33.0 Å². The van der Waals surface area contributed by atoms with Crippen molar-refractivity contribution < 1.29 is 23.1 Å². The van der Waals surface area contributed by atoms with Gasteiger partial charge in [-0.15, -0.1) is 0 Å². The molecule has 0 spiro atoms. The minimum Gasteiger partial charge on any atom is -0.461 e. The quantitative estimate of drug-likeness (QED) is 0.526. The zero-order valence-electron chi connectivity index (χ0n) is 14.2. The molecule has 0 saturated heterocycles. The minimum absolute atomic E-state index is 0.144. The summed E-state index contributed by atoms with van der Waals surface area (Å²) in [5, 5.41) is 5.87. The summed E-state index contributed by atoms with van der Waals surface area (Å²) in [6, 6.07) is 9.21. The van der Waals surface area contributed by atoms with Gasteiger partial charge in [0.15, 0.2) is 5.78 Å². The molecule has 0 N–H and O–H groups in total. The van der Waals surface area contributed by atoms with Gasteiger partial charge in [0.2, 0.25) is 0 Å². The summed E-state index contributed by atoms with van der Waals surface area (Å²) in [7, 11) is -3.48. The molecule has 1 aliphatic rings. The van der Waals surface area contributed by atoms with Gasteiger partial charge >= 0.3 is 13.6 Å². The molecule has 1 aromatic rings. The second-order valence-corrected chi connectivity index (χ2v) is 7.20. The first-order valence-electron chi connectivity index (χ1n) is 8.03. The third-order valence-corrected chi connectivity index (χ3v) is 5.77. The fourth-order valence-corrected chi connectivity index (χ4v) is 4.45. The van der Waals surface area contributed by atoms with Gasteiger partial charge in [0, 0.05) is 6.42 Å². The number of anilines is 1. The first kappa shape index (κ1) is 18.6. The lowest BCUT2D eigenvalue weighted by Gasteiger charge is -2.29. The zero-order chi connectivity index (χ0) is 17.6. The molecule has 1 aliphatic heterocycles. The molecule has 8 heteroatoms. The van der Waals surface area contributed by atoms with E-state index >= 15 is 0 Å². The van der Waals surface area contributed by atoms with Crippen LogP contribution in [0.2, 0.25) is 0 Å². The Labute approximate surface area is 142 Å². The third-order valence-electron chi connectivity index (χ3n) is 3.40. The molecular weight excluding hydrogens is 331 g/mol. The van der Waals surface area contributed by atoms with Crippen molar-refractivity contribution in [3.63, 3.8) is 0 Å². The molecule has 1 unspecified atom stereocenters. The van der Waals surface area contributed by atoms with Crippen LogP contribution in [0.4, 0.5) is 5.69 Å². The van der Waals surface area contributed by atoms with Crippen LogP contribution in [-0.4, -0.2) is 37.3 Å². The first-order chi connectivity index (χ1) is 11.6. The van der Waals surface area contributed by atoms with Crippen LogP contribution in [0.5, 0.6) is 0 Å². The third kappa shape index (κ3) is 4.04. The van der Waals surface area contributed by atoms with E-state index in [4.69, 9.17) is 13.8 Å². The minimum atomic E-state index is -3.48. The Morgan fingerprint density at radius 1 is 1.17 bits per heavy atom. The van der Waals surface area contributed by atoms with E-state index in [9.17, 15) is 9.36 Å². The number of benzene rings is 1. The summed E-state index contributed by atoms with van der Waals surface area (Å²) in [5.74, 6) is -1.21. The first-order valence-corrected chi connectivity index (χ1v) is 9.64. The lowest BCUT2D eigenvalue weighted by Crippen LogP contribution is -2.28. The Bertz CT molecular complexity index is 625. The number of hydrazone groups is 1. The molecule has 1 aromatic carbocycles. The van der Waals surface area contributed by atoms with E-state index in [1.807, 2.05) is 30.3 Å². The van der Waals surface area contributed by atoms with Crippen LogP contribution in [0, 0.1) is 0 Å². The van der Waals surface area contributed by atoms with Crippen molar-refractivity contribution in [3.05, 3.63) is 30.3 Å². The number of carbonyl (C=O) groups excluding carboxylic acids is 1. The van der Waals surface area contributed by atoms with E-state index in [1.54, 1.807) is 25.8 Å². The average molecular weight is 354 g/mol. The van der Waals surface area contributed by atoms with Crippen LogP contribution >= 0.6 is 7.60 Å². The topological polar surface area (TPSA) is 77.4 Å². The van der Waals surface area contributed by atoms with Gasteiger partial charge in [-0.25, -0.2) is 9.80 Å². The van der Waals surface area contributed by atoms with Gasteiger partial charge in [-0.05, 0) is 32.9 Å². The molecule has 2 rings (SSSR count). The molecule has 0 aliphatic carbocycles. The highest BCUT2D eigenvalue weighted by Gasteiger charge is 2.46. The summed E-state index contributed by atoms with van der Waals surface area (Å²) in [6.07, 6.45) is 0.144. The van der Waals surface area contributed by atoms with Crippen molar-refractivity contribution in [2.24, 2.45) is 5.10 Å². The van der Waals surface area contributed by atoms with Crippen LogP contribution in [-0.2, 0) is 23.1 Å². The number of rotatable bonds is 8. The Morgan fingerprint density at radius 2 is 1.79 bits per heavy atom. The Morgan fingerprint density at radius 3 is 2.33 bits per heavy atom. The summed E-state index contributed by atoms with van der Waals surface area (Å²) < 4.78 is 29.2. The number of hydrogen-bond acceptors (Lipinski definition) is 7. The SMILES string of the molecule is CCOC(=O)C1=NN(c2ccccc2)C(P(=O)(OCC)OCC)C1. The molecule has 1 heterocycles. The van der Waals surface area contributed by atoms with E-state index in [-0.39, 0.29) is 32.0 Å². The van der Waals surface area contributed by atoms with Crippen molar-refractivity contribution in [2.75, 3.05) is 24.8 Å². The average Bonchev–Trinajstić information content (AvgIpc) is 3.02. The monoisotopic (exact) mass is 354 g/mol. The molecule has 0 radical (unpaired) electrons. The smallest absolute Gasteiger partial charge is 0.355 e. The van der Waals surface area contributed by atoms with Crippen LogP contribution in [0.15, 0.2) is 35.4 Å². The Balaban J connectivity index is 2.38. The highest BCUT2D eigenvalue weighted by molar-refractivity contribution is 7.54. The maximum atomic E-state index is 13.2. The van der Waals surface area contributed by atoms with Gasteiger partial charge in [-0.3, -0.25) is 4.57 Å². The highest BCUT2D eigenvalue weighted by Crippen LogP contribution is 2.57. The summed E-state index contributed by atoms with van der Waals surface area (Å²) in [5.41, 5.74) is 0.923. The van der Waals surface area contributed by atoms with Crippen molar-refractivity contribution in [3.8, 4) is 0 Å². The number of esters is 1. The van der Waals surface area contributed by atoms with E-state index in [0.29, 0.717) is 5.69 Å². The number of para-hydroxylation sites is 1. The number of hydrogen-bond donors (Lipinski definition) is 0. The van der Waals surface area contributed by atoms with Gasteiger partial charge in [-0.1, -0.05) is 18.2 Å². The number of carbonyl (C=O) groups is 1. The second-order valence-electron chi connectivity index (χ2n) is 5.01. The molecule has 132 valence electrons. The predicted molar refractivity (Wildman–Crippen MR) is 92.3 cm³/mol. The fraction of sp³-hybridized carbons (Fsp3) is 0.500. The highest BCUT2D eigenvalue weighted by atomic mass is 31.2. The van der Waals surface area contributed by atoms with E-state index < -0.39 is 19.3 Å². The standard InChI is InChI=1S/C16H23N2O5P/c1-4-21-16(19)14-12-15(24(20,22-5-2)23-6-3)18(17-14)13-10-8-7-9-11-13/h7-11,15H,4-6,12H2,1-3H3. The van der Waals surface area contributed by atoms with Crippen LogP contribution in [0.3, 0.4) is 0 Å². The van der Waals surface area contributed by atoms with E-state index in [1.165, 1.54) is 0 Å². The zero-order valence-corrected chi connectivity index (χ0v) is 15.1. The lowest BCUT2D eigenvalue weighted by atomic mass is 10.2. The molecule has 0 fully saturated rings. The Kier molecular flexibility index (Phi) is 6.54. The molecular formula is C16H23N2O5P. The van der Waals surface area contributed by atoms with Gasteiger partial charge in [0.1, 0.15) is 5.71 Å². The molecule has 0 amide bonds. The summed E-state index contributed by atoms with van der Waals surface area (Å²) in [6.45, 7) is 5.96. The molecule has 0 bridgehead atoms. The molecule has 0 aromatic heterocycles. The van der Waals surface area contributed by atoms with Crippen LogP contribution in [0.25, 0.3) is 0 Å². The summed E-state index contributed by atoms with van der Waals surface area (Å²) in [4.78, 5) is 12.1. The molecule has 1 atom stereocenters. The summed E-state index contributed by atoms with van der Waals surface area (Å²) >= 11 is 0. The number of ether oxygens (including phenoxy) is 1. The maximum absolute atomic E-state index is 13.2. The van der Waals surface area contributed by atoms with Crippen molar-refractivity contribution >= 4 is 25.0 Å². The van der Waals surface area contributed by atoms with Gasteiger partial charge in [0.25, 0.3) is 0 Å². The Hall–Kier alpha value is -1.69. The predicted octanol–water partition coefficient (Wildman–Crippen LogP) is 3.41. The number of nitrogens with zero attached hydrogens (tertiary/aromatic N) is 2. The molecule has 0 saturated carbocycles. The molecule has 24 heavy (non-hydrogen) atoms. The van der Waals surface area contributed by atoms with E-state index in [2.05, 4.69) is 5.10 Å². The van der Waals surface area contributed by atoms with Gasteiger partial charge in [0.05, 0.1) is 25.5 Å². The second kappa shape index (κ2) is 8.42. The van der Waals surface area contributed by atoms with Crippen molar-refractivity contribution in [1.82, 2.24) is 0 Å². The lowest BCUT2D eigenvalue weighted by molar-refractivity contribution is -0.135. The van der Waals surface area contributed by atoms with E-state index in [0.717, 1.165) is 0 Å². The maximum Gasteiger partial charge on any atom is 0.355 e. The molecule has 7 nitrogen and oxygen atoms in total. The fourth-order valence-electron chi connectivity index (χ4n) is 2.46. The van der Waals surface area contributed by atoms with Gasteiger partial charge < -0.3 is 13.8 Å². The normalized spacial score (nSPS) is 17.7. The van der Waals surface area contributed by atoms with Crippen LogP contribution < -0.4 is 5.01 Å². The van der Waals surface area contributed by atoms with Crippen LogP contribution in [0.1, 0.15) is 27.2 Å². The largest absolute Gasteiger partial charge is 0.461 e. The van der Waals surface area contributed by atoms with Crippen molar-refractivity contribution in [1.29, 1.82) is 0 Å². The van der Waals surface area contributed by atoms with Gasteiger partial charge in [-0.2, -0.15) is 5.10 Å².